The van der Waals surface area contributed by atoms with Crippen molar-refractivity contribution in [2.24, 2.45) is 0 Å². The lowest BCUT2D eigenvalue weighted by atomic mass is 10.3. The van der Waals surface area contributed by atoms with Crippen LogP contribution >= 0.6 is 15.9 Å². The quantitative estimate of drug-likeness (QED) is 0.808. The zero-order valence-corrected chi connectivity index (χ0v) is 11.8. The van der Waals surface area contributed by atoms with Crippen LogP contribution in [0.2, 0.25) is 0 Å². The predicted octanol–water partition coefficient (Wildman–Crippen LogP) is 2.61. The molecule has 0 spiro atoms. The minimum atomic E-state index is -0.243. The smallest absolute Gasteiger partial charge is 0.255 e. The van der Waals surface area contributed by atoms with Gasteiger partial charge in [-0.05, 0) is 35.0 Å². The first-order chi connectivity index (χ1) is 8.65. The summed E-state index contributed by atoms with van der Waals surface area (Å²) in [7, 11) is 3.16. The average molecular weight is 314 g/mol. The number of nitrogens with zero attached hydrogens (tertiary/aromatic N) is 3. The summed E-state index contributed by atoms with van der Waals surface area (Å²) in [6.07, 6.45) is -0.243. The summed E-state index contributed by atoms with van der Waals surface area (Å²) in [6, 6.07) is 3.54. The van der Waals surface area contributed by atoms with Gasteiger partial charge in [-0.25, -0.2) is 4.98 Å². The van der Waals surface area contributed by atoms with Gasteiger partial charge < -0.3 is 14.0 Å². The molecule has 0 aliphatic heterocycles. The summed E-state index contributed by atoms with van der Waals surface area (Å²) >= 11 is 3.31. The van der Waals surface area contributed by atoms with Gasteiger partial charge in [0, 0.05) is 7.11 Å². The highest BCUT2D eigenvalue weighted by Gasteiger charge is 2.16. The molecule has 0 aliphatic rings. The van der Waals surface area contributed by atoms with Crippen molar-refractivity contribution in [3.63, 3.8) is 0 Å². The lowest BCUT2D eigenvalue weighted by molar-refractivity contribution is 0.0886. The molecule has 18 heavy (non-hydrogen) atoms. The number of pyridine rings is 1. The molecule has 0 saturated carbocycles. The molecule has 1 atom stereocenters. The van der Waals surface area contributed by atoms with Gasteiger partial charge in [0.1, 0.15) is 16.4 Å². The number of hydrogen-bond donors (Lipinski definition) is 0. The van der Waals surface area contributed by atoms with E-state index in [1.165, 1.54) is 0 Å². The number of methoxy groups -OCH3 is 2. The molecular formula is C11H12BrN3O3. The summed E-state index contributed by atoms with van der Waals surface area (Å²) in [6.45, 7) is 1.83. The van der Waals surface area contributed by atoms with Gasteiger partial charge in [0.25, 0.3) is 5.89 Å². The van der Waals surface area contributed by atoms with Gasteiger partial charge in [0.2, 0.25) is 5.82 Å². The van der Waals surface area contributed by atoms with Crippen LogP contribution in [-0.2, 0) is 4.74 Å². The van der Waals surface area contributed by atoms with E-state index in [1.807, 2.05) is 6.92 Å². The fourth-order valence-corrected chi connectivity index (χ4v) is 1.79. The van der Waals surface area contributed by atoms with Gasteiger partial charge in [0.15, 0.2) is 5.75 Å². The number of aromatic nitrogens is 3. The normalized spacial score (nSPS) is 12.4. The molecule has 0 bridgehead atoms. The monoisotopic (exact) mass is 313 g/mol. The zero-order chi connectivity index (χ0) is 13.1. The van der Waals surface area contributed by atoms with Crippen LogP contribution in [-0.4, -0.2) is 29.3 Å². The van der Waals surface area contributed by atoms with Crippen LogP contribution in [0.5, 0.6) is 5.75 Å². The Bertz CT molecular complexity index is 544. The van der Waals surface area contributed by atoms with Crippen LogP contribution in [0.15, 0.2) is 21.3 Å². The van der Waals surface area contributed by atoms with E-state index in [2.05, 4.69) is 31.1 Å². The van der Waals surface area contributed by atoms with E-state index in [9.17, 15) is 0 Å². The molecule has 0 N–H and O–H groups in total. The molecule has 6 nitrogen and oxygen atoms in total. The molecule has 0 fully saturated rings. The molecule has 2 aromatic rings. The highest BCUT2D eigenvalue weighted by molar-refractivity contribution is 9.10. The van der Waals surface area contributed by atoms with Crippen LogP contribution in [0.25, 0.3) is 11.5 Å². The van der Waals surface area contributed by atoms with E-state index in [1.54, 1.807) is 26.4 Å². The molecule has 0 aliphatic carbocycles. The molecule has 96 valence electrons. The minimum absolute atomic E-state index is 0.243. The molecule has 0 saturated heterocycles. The van der Waals surface area contributed by atoms with E-state index in [0.717, 1.165) is 0 Å². The topological polar surface area (TPSA) is 70.3 Å². The third kappa shape index (κ3) is 2.51. The molecule has 2 aromatic heterocycles. The summed E-state index contributed by atoms with van der Waals surface area (Å²) in [5, 5.41) is 3.86. The van der Waals surface area contributed by atoms with E-state index in [0.29, 0.717) is 27.8 Å². The highest BCUT2D eigenvalue weighted by atomic mass is 79.9. The van der Waals surface area contributed by atoms with Crippen molar-refractivity contribution >= 4 is 15.9 Å². The van der Waals surface area contributed by atoms with Crippen molar-refractivity contribution in [2.75, 3.05) is 14.2 Å². The summed E-state index contributed by atoms with van der Waals surface area (Å²) < 4.78 is 15.9. The Balaban J connectivity index is 2.31. The molecule has 2 heterocycles. The predicted molar refractivity (Wildman–Crippen MR) is 67.2 cm³/mol. The van der Waals surface area contributed by atoms with Gasteiger partial charge in [0.05, 0.1) is 7.11 Å². The second kappa shape index (κ2) is 5.45. The van der Waals surface area contributed by atoms with Crippen molar-refractivity contribution < 1.29 is 14.0 Å². The van der Waals surface area contributed by atoms with Crippen molar-refractivity contribution in [1.29, 1.82) is 0 Å². The molecule has 0 aromatic carbocycles. The molecular weight excluding hydrogens is 302 g/mol. The first-order valence-electron chi connectivity index (χ1n) is 5.23. The lowest BCUT2D eigenvalue weighted by Crippen LogP contribution is -1.96. The summed E-state index contributed by atoms with van der Waals surface area (Å²) in [5.74, 6) is 1.48. The fourth-order valence-electron chi connectivity index (χ4n) is 1.30. The number of hydrogen-bond acceptors (Lipinski definition) is 6. The molecule has 2 rings (SSSR count). The maximum atomic E-state index is 5.10. The van der Waals surface area contributed by atoms with E-state index >= 15 is 0 Å². The standard InChI is InChI=1S/C11H12BrN3O3/c1-6(16-2)11-14-10(15-18-11)7-4-5-8(17-3)9(12)13-7/h4-6H,1-3H3/t6-/m0/s1. The average Bonchev–Trinajstić information content (AvgIpc) is 2.87. The Morgan fingerprint density at radius 1 is 1.28 bits per heavy atom. The van der Waals surface area contributed by atoms with Crippen LogP contribution in [0, 0.1) is 0 Å². The molecule has 0 amide bonds. The Morgan fingerprint density at radius 2 is 2.06 bits per heavy atom. The van der Waals surface area contributed by atoms with Crippen LogP contribution in [0.3, 0.4) is 0 Å². The Morgan fingerprint density at radius 3 is 2.67 bits per heavy atom. The van der Waals surface area contributed by atoms with Gasteiger partial charge in [-0.3, -0.25) is 0 Å². The van der Waals surface area contributed by atoms with Gasteiger partial charge in [-0.15, -0.1) is 0 Å². The fraction of sp³-hybridized carbons (Fsp3) is 0.364. The Kier molecular flexibility index (Phi) is 3.93. The number of rotatable bonds is 4. The van der Waals surface area contributed by atoms with Crippen molar-refractivity contribution in [2.45, 2.75) is 13.0 Å². The van der Waals surface area contributed by atoms with Crippen LogP contribution in [0.1, 0.15) is 18.9 Å². The van der Waals surface area contributed by atoms with E-state index in [4.69, 9.17) is 14.0 Å². The first kappa shape index (κ1) is 13.0. The first-order valence-corrected chi connectivity index (χ1v) is 6.02. The zero-order valence-electron chi connectivity index (χ0n) is 10.2. The van der Waals surface area contributed by atoms with Gasteiger partial charge in [-0.2, -0.15) is 4.98 Å². The molecule has 0 radical (unpaired) electrons. The van der Waals surface area contributed by atoms with E-state index in [-0.39, 0.29) is 6.10 Å². The second-order valence-electron chi connectivity index (χ2n) is 3.52. The second-order valence-corrected chi connectivity index (χ2v) is 4.27. The largest absolute Gasteiger partial charge is 0.494 e. The third-order valence-corrected chi connectivity index (χ3v) is 2.97. The van der Waals surface area contributed by atoms with Crippen molar-refractivity contribution in [3.05, 3.63) is 22.6 Å². The molecule has 7 heteroatoms. The van der Waals surface area contributed by atoms with Crippen molar-refractivity contribution in [3.8, 4) is 17.3 Å². The maximum absolute atomic E-state index is 5.10. The number of ether oxygens (including phenoxy) is 2. The van der Waals surface area contributed by atoms with E-state index < -0.39 is 0 Å². The van der Waals surface area contributed by atoms with Gasteiger partial charge >= 0.3 is 0 Å². The lowest BCUT2D eigenvalue weighted by Gasteiger charge is -2.02. The van der Waals surface area contributed by atoms with Crippen molar-refractivity contribution in [1.82, 2.24) is 15.1 Å². The maximum Gasteiger partial charge on any atom is 0.255 e. The van der Waals surface area contributed by atoms with Crippen LogP contribution in [0.4, 0.5) is 0 Å². The van der Waals surface area contributed by atoms with Gasteiger partial charge in [-0.1, -0.05) is 5.16 Å². The number of halogens is 1. The van der Waals surface area contributed by atoms with Crippen LogP contribution < -0.4 is 4.74 Å². The highest BCUT2D eigenvalue weighted by Crippen LogP contribution is 2.26. The minimum Gasteiger partial charge on any atom is -0.494 e. The Hall–Kier alpha value is -1.47. The summed E-state index contributed by atoms with van der Waals surface area (Å²) in [5.41, 5.74) is 0.598. The summed E-state index contributed by atoms with van der Waals surface area (Å²) in [4.78, 5) is 8.50. The molecule has 0 unspecified atom stereocenters. The Labute approximate surface area is 112 Å². The SMILES string of the molecule is COc1ccc(-c2noc([C@H](C)OC)n2)nc1Br. The third-order valence-electron chi connectivity index (χ3n) is 2.41.